The topological polar surface area (TPSA) is 43.4 Å². The summed E-state index contributed by atoms with van der Waals surface area (Å²) in [6.45, 7) is 6.71. The Kier molecular flexibility index (Phi) is 7.54. The number of hydrogen-bond acceptors (Lipinski definition) is 4. The first-order chi connectivity index (χ1) is 14.5. The fraction of sp³-hybridized carbons (Fsp3) is 0.385. The van der Waals surface area contributed by atoms with Crippen molar-refractivity contribution in [1.29, 1.82) is 0 Å². The van der Waals surface area contributed by atoms with Gasteiger partial charge in [0.1, 0.15) is 0 Å². The third-order valence-corrected chi connectivity index (χ3v) is 7.01. The van der Waals surface area contributed by atoms with Gasteiger partial charge in [0.15, 0.2) is 5.78 Å². The van der Waals surface area contributed by atoms with Crippen molar-refractivity contribution in [3.8, 4) is 0 Å². The third-order valence-electron chi connectivity index (χ3n) is 5.94. The molecule has 0 spiro atoms. The molecule has 0 bridgehead atoms. The fourth-order valence-electron chi connectivity index (χ4n) is 3.75. The molecule has 3 nitrogen and oxygen atoms in total. The highest BCUT2D eigenvalue weighted by Crippen LogP contribution is 2.44. The fourth-order valence-corrected chi connectivity index (χ4v) is 5.15. The number of carbonyl (C=O) groups excluding carboxylic acids is 2. The number of ether oxygens (including phenoxy) is 1. The lowest BCUT2D eigenvalue weighted by molar-refractivity contribution is -0.144. The van der Waals surface area contributed by atoms with Gasteiger partial charge in [-0.05, 0) is 72.8 Å². The molecule has 1 heterocycles. The van der Waals surface area contributed by atoms with Crippen LogP contribution in [0, 0.1) is 5.92 Å². The van der Waals surface area contributed by atoms with Gasteiger partial charge in [-0.15, -0.1) is 11.8 Å². The Labute approximate surface area is 184 Å². The van der Waals surface area contributed by atoms with Crippen molar-refractivity contribution < 1.29 is 14.3 Å². The lowest BCUT2D eigenvalue weighted by Crippen LogP contribution is -2.26. The first-order valence-corrected chi connectivity index (χ1v) is 11.7. The van der Waals surface area contributed by atoms with Crippen LogP contribution in [0.5, 0.6) is 0 Å². The van der Waals surface area contributed by atoms with Crippen molar-refractivity contribution in [3.63, 3.8) is 0 Å². The summed E-state index contributed by atoms with van der Waals surface area (Å²) in [5, 5.41) is 0. The van der Waals surface area contributed by atoms with Crippen molar-refractivity contribution in [2.24, 2.45) is 5.92 Å². The van der Waals surface area contributed by atoms with Gasteiger partial charge in [-0.2, -0.15) is 0 Å². The molecule has 0 fully saturated rings. The van der Waals surface area contributed by atoms with Gasteiger partial charge in [-0.25, -0.2) is 0 Å². The molecule has 0 amide bonds. The van der Waals surface area contributed by atoms with E-state index in [1.165, 1.54) is 10.5 Å². The summed E-state index contributed by atoms with van der Waals surface area (Å²) in [6.07, 6.45) is 15.8. The number of allylic oxidation sites excluding steroid dienone is 6. The number of ketones is 1. The van der Waals surface area contributed by atoms with Gasteiger partial charge in [-0.3, -0.25) is 9.59 Å². The van der Waals surface area contributed by atoms with E-state index in [-0.39, 0.29) is 23.1 Å². The van der Waals surface area contributed by atoms with Crippen LogP contribution in [0.15, 0.2) is 71.2 Å². The lowest BCUT2D eigenvalue weighted by Gasteiger charge is -2.35. The molecule has 0 radical (unpaired) electrons. The van der Waals surface area contributed by atoms with Crippen LogP contribution in [-0.4, -0.2) is 24.1 Å². The molecule has 30 heavy (non-hydrogen) atoms. The van der Waals surface area contributed by atoms with Gasteiger partial charge in [0, 0.05) is 10.5 Å². The molecule has 0 aromatic heterocycles. The van der Waals surface area contributed by atoms with Gasteiger partial charge in [0.25, 0.3) is 0 Å². The van der Waals surface area contributed by atoms with Crippen LogP contribution in [0.4, 0.5) is 0 Å². The van der Waals surface area contributed by atoms with Crippen LogP contribution in [0.2, 0.25) is 0 Å². The Balaban J connectivity index is 1.73. The number of carbonyl (C=O) groups is 2. The molecule has 3 rings (SSSR count). The maximum Gasteiger partial charge on any atom is 0.316 e. The number of esters is 1. The molecule has 2 aliphatic rings. The van der Waals surface area contributed by atoms with Crippen LogP contribution in [0.3, 0.4) is 0 Å². The van der Waals surface area contributed by atoms with Crippen molar-refractivity contribution in [1.82, 2.24) is 0 Å². The molecule has 1 aliphatic heterocycles. The van der Waals surface area contributed by atoms with E-state index in [9.17, 15) is 9.59 Å². The summed E-state index contributed by atoms with van der Waals surface area (Å²) in [5.41, 5.74) is 3.21. The minimum atomic E-state index is -0.352. The number of hydrogen-bond donors (Lipinski definition) is 0. The van der Waals surface area contributed by atoms with Crippen LogP contribution >= 0.6 is 11.8 Å². The molecular weight excluding hydrogens is 392 g/mol. The summed E-state index contributed by atoms with van der Waals surface area (Å²) in [6, 6.07) is 6.13. The average Bonchev–Trinajstić information content (AvgIpc) is 2.73. The van der Waals surface area contributed by atoms with Crippen molar-refractivity contribution in [3.05, 3.63) is 77.4 Å². The maximum absolute atomic E-state index is 12.8. The van der Waals surface area contributed by atoms with Crippen molar-refractivity contribution >= 4 is 23.5 Å². The van der Waals surface area contributed by atoms with Crippen molar-refractivity contribution in [2.45, 2.75) is 50.3 Å². The van der Waals surface area contributed by atoms with Gasteiger partial charge < -0.3 is 4.74 Å². The summed E-state index contributed by atoms with van der Waals surface area (Å²) in [5.74, 6) is 0.565. The predicted molar refractivity (Wildman–Crippen MR) is 124 cm³/mol. The number of benzene rings is 1. The average molecular weight is 423 g/mol. The van der Waals surface area contributed by atoms with E-state index in [2.05, 4.69) is 26.0 Å². The largest absolute Gasteiger partial charge is 0.465 e. The van der Waals surface area contributed by atoms with E-state index < -0.39 is 0 Å². The SMILES string of the molecule is CCOC(=O)C1C=C/C=C(/C=C/C(=O)c2ccc3c(c2)C(C)(CC)CCS3)C/C=C\1. The molecule has 4 heteroatoms. The standard InChI is InChI=1S/C26H30O3S/c1-4-26(3)16-17-30-24-15-13-21(18-22(24)26)23(27)14-12-19-8-6-10-20(11-7-9-19)25(28)29-5-2/h6-8,10-15,18,20H,4-5,9,16-17H2,1-3H3/b10-6?,11-7-,14-12+,19-8+. The molecule has 158 valence electrons. The second kappa shape index (κ2) is 10.1. The molecule has 0 saturated carbocycles. The molecule has 1 aromatic carbocycles. The maximum atomic E-state index is 12.8. The summed E-state index contributed by atoms with van der Waals surface area (Å²) < 4.78 is 5.07. The van der Waals surface area contributed by atoms with E-state index in [0.717, 1.165) is 29.7 Å². The number of fused-ring (bicyclic) bond motifs is 1. The predicted octanol–water partition coefficient (Wildman–Crippen LogP) is 6.21. The Hall–Kier alpha value is -2.33. The van der Waals surface area contributed by atoms with Crippen LogP contribution in [-0.2, 0) is 14.9 Å². The van der Waals surface area contributed by atoms with Gasteiger partial charge in [-0.1, -0.05) is 50.3 Å². The highest BCUT2D eigenvalue weighted by molar-refractivity contribution is 7.99. The normalized spacial score (nSPS) is 26.2. The van der Waals surface area contributed by atoms with Crippen molar-refractivity contribution in [2.75, 3.05) is 12.4 Å². The van der Waals surface area contributed by atoms with Crippen LogP contribution < -0.4 is 0 Å². The first-order valence-electron chi connectivity index (χ1n) is 10.7. The van der Waals surface area contributed by atoms with E-state index in [1.54, 1.807) is 13.0 Å². The molecule has 2 atom stereocenters. The van der Waals surface area contributed by atoms with Gasteiger partial charge in [0.05, 0.1) is 12.5 Å². The smallest absolute Gasteiger partial charge is 0.316 e. The minimum absolute atomic E-state index is 0.0205. The molecular formula is C26H30O3S. The zero-order valence-electron chi connectivity index (χ0n) is 18.0. The van der Waals surface area contributed by atoms with Crippen LogP contribution in [0.1, 0.15) is 56.0 Å². The third kappa shape index (κ3) is 5.23. The van der Waals surface area contributed by atoms with E-state index in [4.69, 9.17) is 4.74 Å². The highest BCUT2D eigenvalue weighted by Gasteiger charge is 2.31. The molecule has 0 N–H and O–H groups in total. The number of thioether (sulfide) groups is 1. The molecule has 1 aliphatic carbocycles. The van der Waals surface area contributed by atoms with E-state index in [1.807, 2.05) is 54.3 Å². The highest BCUT2D eigenvalue weighted by atomic mass is 32.2. The molecule has 0 saturated heterocycles. The Bertz CT molecular complexity index is 922. The summed E-state index contributed by atoms with van der Waals surface area (Å²) in [7, 11) is 0. The van der Waals surface area contributed by atoms with E-state index >= 15 is 0 Å². The zero-order valence-corrected chi connectivity index (χ0v) is 18.8. The Morgan fingerprint density at radius 1 is 1.27 bits per heavy atom. The number of rotatable bonds is 6. The lowest BCUT2D eigenvalue weighted by atomic mass is 9.77. The zero-order chi connectivity index (χ0) is 21.6. The second-order valence-electron chi connectivity index (χ2n) is 7.96. The summed E-state index contributed by atoms with van der Waals surface area (Å²) >= 11 is 1.89. The van der Waals surface area contributed by atoms with Gasteiger partial charge >= 0.3 is 5.97 Å². The first kappa shape index (κ1) is 22.4. The quantitative estimate of drug-likeness (QED) is 0.237. The van der Waals surface area contributed by atoms with Crippen LogP contribution in [0.25, 0.3) is 0 Å². The minimum Gasteiger partial charge on any atom is -0.465 e. The second-order valence-corrected chi connectivity index (χ2v) is 9.09. The van der Waals surface area contributed by atoms with E-state index in [0.29, 0.717) is 13.0 Å². The summed E-state index contributed by atoms with van der Waals surface area (Å²) in [4.78, 5) is 26.0. The molecule has 2 unspecified atom stereocenters. The Morgan fingerprint density at radius 3 is 2.87 bits per heavy atom. The molecule has 1 aromatic rings. The van der Waals surface area contributed by atoms with Gasteiger partial charge in [0.2, 0.25) is 0 Å². The Morgan fingerprint density at radius 2 is 2.10 bits per heavy atom. The monoisotopic (exact) mass is 422 g/mol.